The van der Waals surface area contributed by atoms with Crippen LogP contribution in [0.15, 0.2) is 48.1 Å². The second-order valence-electron chi connectivity index (χ2n) is 6.52. The third-order valence-corrected chi connectivity index (χ3v) is 5.15. The number of aliphatic hydroxyl groups is 1. The zero-order valence-electron chi connectivity index (χ0n) is 15.3. The molecule has 0 amide bonds. The largest absolute Gasteiger partial charge is 0.383 e. The molecule has 138 valence electrons. The van der Waals surface area contributed by atoms with E-state index in [9.17, 15) is 5.11 Å². The molecule has 0 saturated carbocycles. The number of nitrogens with zero attached hydrogens (tertiary/aromatic N) is 4. The predicted molar refractivity (Wildman–Crippen MR) is 110 cm³/mol. The van der Waals surface area contributed by atoms with Gasteiger partial charge in [0.1, 0.15) is 10.8 Å². The third kappa shape index (κ3) is 3.56. The van der Waals surface area contributed by atoms with Crippen molar-refractivity contribution in [2.45, 2.75) is 19.4 Å². The van der Waals surface area contributed by atoms with Crippen LogP contribution in [0.3, 0.4) is 0 Å². The summed E-state index contributed by atoms with van der Waals surface area (Å²) in [5.74, 6) is 6.81. The van der Waals surface area contributed by atoms with Gasteiger partial charge in [0.15, 0.2) is 11.4 Å². The Kier molecular flexibility index (Phi) is 4.51. The molecule has 0 spiro atoms. The molecule has 0 unspecified atom stereocenters. The molecule has 1 aromatic carbocycles. The normalized spacial score (nSPS) is 13.0. The van der Waals surface area contributed by atoms with Crippen molar-refractivity contribution >= 4 is 28.1 Å². The van der Waals surface area contributed by atoms with Crippen molar-refractivity contribution < 1.29 is 5.11 Å². The van der Waals surface area contributed by atoms with Crippen molar-refractivity contribution in [3.05, 3.63) is 64.4 Å². The summed E-state index contributed by atoms with van der Waals surface area (Å²) in [6.45, 7) is 3.53. The summed E-state index contributed by atoms with van der Waals surface area (Å²) in [7, 11) is 0. The molecule has 1 atom stereocenters. The lowest BCUT2D eigenvalue weighted by Crippen LogP contribution is -2.17. The average molecular weight is 387 g/mol. The van der Waals surface area contributed by atoms with E-state index in [2.05, 4.69) is 31.8 Å². The Morgan fingerprint density at radius 1 is 1.18 bits per heavy atom. The molecule has 0 aliphatic heterocycles. The van der Waals surface area contributed by atoms with Gasteiger partial charge in [0.2, 0.25) is 0 Å². The molecule has 7 heteroatoms. The second-order valence-corrected chi connectivity index (χ2v) is 7.41. The van der Waals surface area contributed by atoms with E-state index in [0.29, 0.717) is 22.2 Å². The maximum atomic E-state index is 10.5. The third-order valence-electron chi connectivity index (χ3n) is 4.17. The van der Waals surface area contributed by atoms with Crippen molar-refractivity contribution in [1.82, 2.24) is 19.9 Å². The van der Waals surface area contributed by atoms with Gasteiger partial charge in [-0.1, -0.05) is 24.0 Å². The van der Waals surface area contributed by atoms with E-state index in [0.717, 1.165) is 22.2 Å². The number of nitrogens with two attached hydrogens (primary N) is 1. The summed E-state index contributed by atoms with van der Waals surface area (Å²) in [5, 5.41) is 13.7. The first-order chi connectivity index (χ1) is 13.4. The van der Waals surface area contributed by atoms with Crippen LogP contribution in [0.5, 0.6) is 0 Å². The Balaban J connectivity index is 1.71. The van der Waals surface area contributed by atoms with Crippen LogP contribution in [0.4, 0.5) is 5.82 Å². The summed E-state index contributed by atoms with van der Waals surface area (Å²) in [6, 6.07) is 9.37. The summed E-state index contributed by atoms with van der Waals surface area (Å²) < 4.78 is 0. The van der Waals surface area contributed by atoms with Crippen LogP contribution in [0.25, 0.3) is 22.3 Å². The van der Waals surface area contributed by atoms with Crippen molar-refractivity contribution in [2.75, 3.05) is 5.73 Å². The Labute approximate surface area is 166 Å². The van der Waals surface area contributed by atoms with E-state index in [4.69, 9.17) is 5.73 Å². The molecule has 28 heavy (non-hydrogen) atoms. The lowest BCUT2D eigenvalue weighted by atomic mass is 10.1. The number of aryl methyl sites for hydroxylation is 1. The molecule has 0 radical (unpaired) electrons. The maximum Gasteiger partial charge on any atom is 0.174 e. The average Bonchev–Trinajstić information content (AvgIpc) is 3.23. The van der Waals surface area contributed by atoms with Gasteiger partial charge in [-0.3, -0.25) is 4.98 Å². The second kappa shape index (κ2) is 7.00. The van der Waals surface area contributed by atoms with Gasteiger partial charge in [0.25, 0.3) is 0 Å². The molecule has 4 aromatic rings. The first-order valence-electron chi connectivity index (χ1n) is 8.58. The fourth-order valence-electron chi connectivity index (χ4n) is 2.74. The molecule has 0 aliphatic rings. The highest BCUT2D eigenvalue weighted by molar-refractivity contribution is 7.09. The van der Waals surface area contributed by atoms with Crippen LogP contribution in [-0.2, 0) is 5.60 Å². The van der Waals surface area contributed by atoms with E-state index in [1.807, 2.05) is 42.6 Å². The predicted octanol–water partition coefficient (Wildman–Crippen LogP) is 3.30. The van der Waals surface area contributed by atoms with Crippen LogP contribution >= 0.6 is 11.3 Å². The van der Waals surface area contributed by atoms with Gasteiger partial charge < -0.3 is 10.8 Å². The number of hydrogen-bond acceptors (Lipinski definition) is 7. The summed E-state index contributed by atoms with van der Waals surface area (Å²) in [5.41, 5.74) is 7.89. The number of pyridine rings is 1. The van der Waals surface area contributed by atoms with Gasteiger partial charge >= 0.3 is 0 Å². The fourth-order valence-corrected chi connectivity index (χ4v) is 3.39. The Hall–Kier alpha value is -3.34. The smallest absolute Gasteiger partial charge is 0.174 e. The van der Waals surface area contributed by atoms with Gasteiger partial charge in [-0.25, -0.2) is 15.0 Å². The number of thiazole rings is 1. The molecule has 0 aliphatic carbocycles. The van der Waals surface area contributed by atoms with Gasteiger partial charge in [0.05, 0.1) is 11.7 Å². The van der Waals surface area contributed by atoms with E-state index >= 15 is 0 Å². The molecule has 4 rings (SSSR count). The van der Waals surface area contributed by atoms with Gasteiger partial charge in [-0.2, -0.15) is 0 Å². The maximum absolute atomic E-state index is 10.5. The highest BCUT2D eigenvalue weighted by Crippen LogP contribution is 2.24. The molecule has 0 fully saturated rings. The standard InChI is InChI=1S/C21H17N5OS/c1-13-10-16-17(12-24-13)25-19(26-18(16)22)15-5-3-4-14(11-15)6-7-21(2,27)20-23-8-9-28-20/h3-5,8-12,27H,1-2H3,(H2,22,25,26)/t21-/m1/s1. The molecule has 3 heterocycles. The van der Waals surface area contributed by atoms with Gasteiger partial charge in [0, 0.05) is 33.8 Å². The molecular weight excluding hydrogens is 370 g/mol. The SMILES string of the molecule is Cc1cc2c(N)nc(-c3cccc(C#C[C@@](C)(O)c4nccs4)c3)nc2cn1. The highest BCUT2D eigenvalue weighted by atomic mass is 32.1. The zero-order chi connectivity index (χ0) is 19.7. The van der Waals surface area contributed by atoms with E-state index in [-0.39, 0.29) is 0 Å². The fraction of sp³-hybridized carbons (Fsp3) is 0.143. The van der Waals surface area contributed by atoms with Crippen molar-refractivity contribution in [2.24, 2.45) is 0 Å². The van der Waals surface area contributed by atoms with Crippen LogP contribution in [0, 0.1) is 18.8 Å². The molecule has 0 bridgehead atoms. The van der Waals surface area contributed by atoms with Gasteiger partial charge in [-0.15, -0.1) is 11.3 Å². The monoisotopic (exact) mass is 387 g/mol. The van der Waals surface area contributed by atoms with Gasteiger partial charge in [-0.05, 0) is 32.0 Å². The van der Waals surface area contributed by atoms with E-state index < -0.39 is 5.60 Å². The lowest BCUT2D eigenvalue weighted by molar-refractivity contribution is 0.122. The molecular formula is C21H17N5OS. The van der Waals surface area contributed by atoms with E-state index in [1.165, 1.54) is 11.3 Å². The number of aromatic nitrogens is 4. The highest BCUT2D eigenvalue weighted by Gasteiger charge is 2.22. The lowest BCUT2D eigenvalue weighted by Gasteiger charge is -2.12. The van der Waals surface area contributed by atoms with Crippen molar-refractivity contribution in [3.63, 3.8) is 0 Å². The summed E-state index contributed by atoms with van der Waals surface area (Å²) in [6.07, 6.45) is 3.34. The van der Waals surface area contributed by atoms with Crippen molar-refractivity contribution in [3.8, 4) is 23.2 Å². The van der Waals surface area contributed by atoms with Crippen LogP contribution in [-0.4, -0.2) is 25.0 Å². The summed E-state index contributed by atoms with van der Waals surface area (Å²) >= 11 is 1.37. The number of anilines is 1. The molecule has 3 N–H and O–H groups in total. The van der Waals surface area contributed by atoms with Crippen molar-refractivity contribution in [1.29, 1.82) is 0 Å². The van der Waals surface area contributed by atoms with Crippen LogP contribution < -0.4 is 5.73 Å². The summed E-state index contributed by atoms with van der Waals surface area (Å²) in [4.78, 5) is 17.4. The number of rotatable bonds is 2. The molecule has 3 aromatic heterocycles. The first-order valence-corrected chi connectivity index (χ1v) is 9.46. The number of benzene rings is 1. The minimum Gasteiger partial charge on any atom is -0.383 e. The van der Waals surface area contributed by atoms with Crippen LogP contribution in [0.2, 0.25) is 0 Å². The Morgan fingerprint density at radius 2 is 2.04 bits per heavy atom. The quantitative estimate of drug-likeness (QED) is 0.512. The zero-order valence-corrected chi connectivity index (χ0v) is 16.2. The Bertz CT molecular complexity index is 1220. The first kappa shape index (κ1) is 18.0. The number of hydrogen-bond donors (Lipinski definition) is 2. The topological polar surface area (TPSA) is 97.8 Å². The Morgan fingerprint density at radius 3 is 2.82 bits per heavy atom. The number of nitrogen functional groups attached to an aromatic ring is 1. The van der Waals surface area contributed by atoms with Crippen LogP contribution in [0.1, 0.15) is 23.2 Å². The minimum atomic E-state index is -1.31. The molecule has 0 saturated heterocycles. The molecule has 6 nitrogen and oxygen atoms in total. The van der Waals surface area contributed by atoms with E-state index in [1.54, 1.807) is 19.3 Å². The number of fused-ring (bicyclic) bond motifs is 1. The minimum absolute atomic E-state index is 0.411.